The van der Waals surface area contributed by atoms with E-state index >= 15 is 0 Å². The Balaban J connectivity index is 0.000000582. The van der Waals surface area contributed by atoms with Crippen molar-refractivity contribution in [1.29, 1.82) is 0 Å². The Labute approximate surface area is 190 Å². The number of aromatic hydroxyl groups is 1. The largest absolute Gasteiger partial charge is 0.508 e. The van der Waals surface area contributed by atoms with Crippen molar-refractivity contribution in [3.63, 3.8) is 0 Å². The Bertz CT molecular complexity index is 928. The highest BCUT2D eigenvalue weighted by atomic mass is 35.5. The maximum absolute atomic E-state index is 11.9. The van der Waals surface area contributed by atoms with Crippen molar-refractivity contribution in [3.05, 3.63) is 82.9 Å². The zero-order valence-corrected chi connectivity index (χ0v) is 19.1. The first-order chi connectivity index (χ1) is 14.9. The van der Waals surface area contributed by atoms with Gasteiger partial charge in [-0.2, -0.15) is 0 Å². The van der Waals surface area contributed by atoms with E-state index in [0.717, 1.165) is 10.6 Å². The van der Waals surface area contributed by atoms with Gasteiger partial charge in [-0.1, -0.05) is 29.3 Å². The van der Waals surface area contributed by atoms with Gasteiger partial charge in [-0.15, -0.1) is 0 Å². The Hall–Kier alpha value is -3.16. The zero-order chi connectivity index (χ0) is 23.8. The highest BCUT2D eigenvalue weighted by molar-refractivity contribution is 7.80. The van der Waals surface area contributed by atoms with E-state index in [1.54, 1.807) is 43.5 Å². The molecule has 0 aliphatic heterocycles. The average molecular weight is 465 g/mol. The van der Waals surface area contributed by atoms with E-state index < -0.39 is 11.1 Å². The van der Waals surface area contributed by atoms with Crippen LogP contribution in [0, 0.1) is 13.8 Å². The van der Waals surface area contributed by atoms with Crippen LogP contribution >= 0.6 is 11.6 Å². The molecule has 0 aliphatic rings. The molecule has 3 rings (SSSR count). The highest BCUT2D eigenvalue weighted by Gasteiger charge is 2.06. The van der Waals surface area contributed by atoms with Crippen LogP contribution in [0.3, 0.4) is 0 Å². The Morgan fingerprint density at radius 1 is 0.839 bits per heavy atom. The molecule has 3 aromatic rings. The van der Waals surface area contributed by atoms with Gasteiger partial charge in [-0.25, -0.2) is 4.21 Å². The predicted molar refractivity (Wildman–Crippen MR) is 123 cm³/mol. The van der Waals surface area contributed by atoms with Gasteiger partial charge in [-0.3, -0.25) is 0 Å². The normalized spacial score (nSPS) is 9.94. The third-order valence-corrected chi connectivity index (χ3v) is 5.00. The molecule has 0 saturated heterocycles. The number of phenols is 1. The van der Waals surface area contributed by atoms with E-state index in [1.807, 2.05) is 32.6 Å². The van der Waals surface area contributed by atoms with Gasteiger partial charge in [0.1, 0.15) is 30.8 Å². The number of phenolic OH excluding ortho intramolecular Hbond substituents is 1. The molecule has 0 aliphatic carbocycles. The van der Waals surface area contributed by atoms with E-state index in [-0.39, 0.29) is 5.75 Å². The van der Waals surface area contributed by atoms with Crippen LogP contribution in [0.4, 0.5) is 0 Å². The number of rotatable bonds is 4. The van der Waals surface area contributed by atoms with Gasteiger partial charge in [0.15, 0.2) is 0 Å². The summed E-state index contributed by atoms with van der Waals surface area (Å²) in [7, 11) is 1.57. The van der Waals surface area contributed by atoms with Gasteiger partial charge < -0.3 is 23.6 Å². The van der Waals surface area contributed by atoms with Gasteiger partial charge in [0.2, 0.25) is 11.1 Å². The summed E-state index contributed by atoms with van der Waals surface area (Å²) in [5, 5.41) is 9.97. The molecule has 0 saturated carbocycles. The third-order valence-electron chi connectivity index (χ3n) is 3.57. The molecule has 1 atom stereocenters. The first-order valence-corrected chi connectivity index (χ1v) is 10.2. The summed E-state index contributed by atoms with van der Waals surface area (Å²) >= 11 is 4.19. The minimum absolute atomic E-state index is 0.137. The van der Waals surface area contributed by atoms with Crippen molar-refractivity contribution in [2.45, 2.75) is 18.7 Å². The maximum Gasteiger partial charge on any atom is 0.240 e. The smallest absolute Gasteiger partial charge is 0.240 e. The summed E-state index contributed by atoms with van der Waals surface area (Å²) in [6, 6.07) is 18.8. The van der Waals surface area contributed by atoms with Crippen molar-refractivity contribution < 1.29 is 27.8 Å². The molecule has 0 bridgehead atoms. The lowest BCUT2D eigenvalue weighted by Gasteiger charge is -2.05. The number of ether oxygens (including phenoxy) is 1. The van der Waals surface area contributed by atoms with Crippen LogP contribution in [0.1, 0.15) is 11.1 Å². The van der Waals surface area contributed by atoms with E-state index in [9.17, 15) is 4.21 Å². The van der Waals surface area contributed by atoms with E-state index in [2.05, 4.69) is 13.0 Å². The molecule has 0 heterocycles. The molecule has 1 N–H and O–H groups in total. The molecule has 6 nitrogen and oxygen atoms in total. The van der Waals surface area contributed by atoms with Gasteiger partial charge in [-0.05, 0) is 74.0 Å². The quantitative estimate of drug-likeness (QED) is 0.578. The Kier molecular flexibility index (Phi) is 14.1. The second kappa shape index (κ2) is 15.6. The summed E-state index contributed by atoms with van der Waals surface area (Å²) < 4.78 is 22.1. The average Bonchev–Trinajstić information content (AvgIpc) is 2.81. The molecule has 0 radical (unpaired) electrons. The molecule has 8 heteroatoms. The Morgan fingerprint density at radius 2 is 1.35 bits per heavy atom. The van der Waals surface area contributed by atoms with Gasteiger partial charge in [0.25, 0.3) is 0 Å². The zero-order valence-electron chi connectivity index (χ0n) is 17.5. The first kappa shape index (κ1) is 27.8. The monoisotopic (exact) mass is 464 g/mol. The van der Waals surface area contributed by atoms with Crippen LogP contribution in [0.15, 0.2) is 71.6 Å². The van der Waals surface area contributed by atoms with Crippen molar-refractivity contribution >= 4 is 36.3 Å². The summed E-state index contributed by atoms with van der Waals surface area (Å²) in [6.45, 7) is 8.07. The van der Waals surface area contributed by atoms with Crippen LogP contribution in [0.2, 0.25) is 5.02 Å². The molecule has 0 amide bonds. The third kappa shape index (κ3) is 10.4. The second-order valence-corrected chi connectivity index (χ2v) is 7.25. The minimum Gasteiger partial charge on any atom is -0.508 e. The van der Waals surface area contributed by atoms with Crippen molar-refractivity contribution in [3.8, 4) is 17.2 Å². The standard InChI is InChI=1S/C13H12O4S.C8H9Cl.2CH2O/c1-16-11-6-8-13(9-7-11)18(15)17-12-4-2-10(14)3-5-12;1-6-3-4-8(9)7(2)5-6;2*1-2/h2-9,14H,1H3;3-5H,1-2H3;2*1H2. The molecule has 0 fully saturated rings. The molecule has 1 unspecified atom stereocenters. The number of carbonyl (C=O) groups is 2. The number of benzene rings is 3. The second-order valence-electron chi connectivity index (χ2n) is 5.74. The van der Waals surface area contributed by atoms with Crippen molar-refractivity contribution in [2.75, 3.05) is 7.11 Å². The van der Waals surface area contributed by atoms with Crippen LogP contribution in [0.25, 0.3) is 0 Å². The van der Waals surface area contributed by atoms with Crippen molar-refractivity contribution in [2.24, 2.45) is 0 Å². The summed E-state index contributed by atoms with van der Waals surface area (Å²) in [5.41, 5.74) is 2.41. The summed E-state index contributed by atoms with van der Waals surface area (Å²) in [6.07, 6.45) is 0. The van der Waals surface area contributed by atoms with Gasteiger partial charge in [0.05, 0.1) is 12.0 Å². The number of methoxy groups -OCH3 is 1. The lowest BCUT2D eigenvalue weighted by molar-refractivity contribution is -0.0987. The fraction of sp³-hybridized carbons (Fsp3) is 0.130. The number of aryl methyl sites for hydroxylation is 2. The SMILES string of the molecule is C=O.C=O.COc1ccc(S(=O)Oc2ccc(O)cc2)cc1.Cc1ccc(Cl)c(C)c1. The van der Waals surface area contributed by atoms with Crippen LogP contribution in [-0.4, -0.2) is 30.0 Å². The number of hydrogen-bond acceptors (Lipinski definition) is 6. The molecule has 0 spiro atoms. The fourth-order valence-corrected chi connectivity index (χ4v) is 2.98. The fourth-order valence-electron chi connectivity index (χ4n) is 2.12. The molecule has 0 aromatic heterocycles. The number of carbonyl (C=O) groups excluding carboxylic acids is 2. The summed E-state index contributed by atoms with van der Waals surface area (Å²) in [4.78, 5) is 16.5. The van der Waals surface area contributed by atoms with Crippen LogP contribution < -0.4 is 8.92 Å². The summed E-state index contributed by atoms with van der Waals surface area (Å²) in [5.74, 6) is 1.26. The number of hydrogen-bond donors (Lipinski definition) is 1. The first-order valence-electron chi connectivity index (χ1n) is 8.72. The van der Waals surface area contributed by atoms with Gasteiger partial charge in [0, 0.05) is 5.02 Å². The van der Waals surface area contributed by atoms with Crippen molar-refractivity contribution in [1.82, 2.24) is 0 Å². The lowest BCUT2D eigenvalue weighted by Crippen LogP contribution is -2.00. The molecule has 31 heavy (non-hydrogen) atoms. The minimum atomic E-state index is -1.59. The van der Waals surface area contributed by atoms with E-state index in [0.29, 0.717) is 16.4 Å². The molecule has 3 aromatic carbocycles. The van der Waals surface area contributed by atoms with Crippen LogP contribution in [-0.2, 0) is 20.7 Å². The molecular weight excluding hydrogens is 440 g/mol. The number of halogens is 1. The highest BCUT2D eigenvalue weighted by Crippen LogP contribution is 2.20. The van der Waals surface area contributed by atoms with Crippen LogP contribution in [0.5, 0.6) is 17.2 Å². The molecule has 166 valence electrons. The Morgan fingerprint density at radius 3 is 1.81 bits per heavy atom. The predicted octanol–water partition coefficient (Wildman–Crippen LogP) is 5.09. The van der Waals surface area contributed by atoms with Gasteiger partial charge >= 0.3 is 0 Å². The maximum atomic E-state index is 11.9. The lowest BCUT2D eigenvalue weighted by atomic mass is 10.2. The molecular formula is C23H25ClO6S. The van der Waals surface area contributed by atoms with E-state index in [4.69, 9.17) is 35.2 Å². The van der Waals surface area contributed by atoms with E-state index in [1.165, 1.54) is 17.7 Å². The topological polar surface area (TPSA) is 89.9 Å².